The fourth-order valence-corrected chi connectivity index (χ4v) is 2.44. The van der Waals surface area contributed by atoms with Crippen molar-refractivity contribution in [1.82, 2.24) is 0 Å². The molecule has 2 aromatic carbocycles. The molecule has 110 valence electrons. The van der Waals surface area contributed by atoms with Crippen LogP contribution < -0.4 is 14.2 Å². The zero-order valence-corrected chi connectivity index (χ0v) is 12.1. The van der Waals surface area contributed by atoms with Crippen molar-refractivity contribution in [2.24, 2.45) is 0 Å². The normalized spacial score (nSPS) is 14.0. The molecule has 1 aliphatic rings. The van der Waals surface area contributed by atoms with Gasteiger partial charge in [0.05, 0.1) is 7.11 Å². The van der Waals surface area contributed by atoms with Crippen LogP contribution in [0.3, 0.4) is 0 Å². The third kappa shape index (κ3) is 2.54. The number of aliphatic hydroxyl groups excluding tert-OH is 1. The Balaban J connectivity index is 1.95. The molecule has 4 nitrogen and oxygen atoms in total. The van der Waals surface area contributed by atoms with Gasteiger partial charge in [-0.05, 0) is 35.2 Å². The van der Waals surface area contributed by atoms with E-state index in [-0.39, 0.29) is 6.79 Å². The van der Waals surface area contributed by atoms with Gasteiger partial charge in [0.25, 0.3) is 0 Å². The third-order valence-corrected chi connectivity index (χ3v) is 3.70. The number of methoxy groups -OCH3 is 1. The fourth-order valence-electron chi connectivity index (χ4n) is 2.44. The molecular weight excluding hydrogens is 268 g/mol. The molecule has 0 bridgehead atoms. The number of ether oxygens (including phenoxy) is 3. The molecule has 1 atom stereocenters. The van der Waals surface area contributed by atoms with Crippen LogP contribution in [0, 0.1) is 0 Å². The number of hydrogen-bond acceptors (Lipinski definition) is 4. The van der Waals surface area contributed by atoms with Crippen molar-refractivity contribution in [3.8, 4) is 17.2 Å². The molecule has 0 radical (unpaired) electrons. The lowest BCUT2D eigenvalue weighted by atomic mass is 9.99. The molecule has 2 aromatic rings. The van der Waals surface area contributed by atoms with Crippen LogP contribution >= 0.6 is 0 Å². The van der Waals surface area contributed by atoms with E-state index in [4.69, 9.17) is 14.2 Å². The van der Waals surface area contributed by atoms with Crippen molar-refractivity contribution in [2.45, 2.75) is 19.4 Å². The first-order valence-electron chi connectivity index (χ1n) is 6.97. The summed E-state index contributed by atoms with van der Waals surface area (Å²) in [5.74, 6) is 1.77. The molecule has 0 aromatic heterocycles. The predicted molar refractivity (Wildman–Crippen MR) is 79.0 cm³/mol. The lowest BCUT2D eigenvalue weighted by Crippen LogP contribution is -2.01. The highest BCUT2D eigenvalue weighted by Crippen LogP contribution is 2.43. The van der Waals surface area contributed by atoms with Crippen molar-refractivity contribution in [1.29, 1.82) is 0 Å². The molecule has 1 unspecified atom stereocenters. The van der Waals surface area contributed by atoms with Crippen molar-refractivity contribution in [3.63, 3.8) is 0 Å². The summed E-state index contributed by atoms with van der Waals surface area (Å²) < 4.78 is 16.1. The second-order valence-corrected chi connectivity index (χ2v) is 4.95. The monoisotopic (exact) mass is 286 g/mol. The molecule has 0 saturated heterocycles. The Hall–Kier alpha value is -2.20. The molecular formula is C17H18O4. The summed E-state index contributed by atoms with van der Waals surface area (Å²) in [6.45, 7) is 2.28. The highest BCUT2D eigenvalue weighted by molar-refractivity contribution is 5.56. The van der Waals surface area contributed by atoms with Gasteiger partial charge in [-0.3, -0.25) is 0 Å². The summed E-state index contributed by atoms with van der Waals surface area (Å²) >= 11 is 0. The summed E-state index contributed by atoms with van der Waals surface area (Å²) in [7, 11) is 1.57. The second-order valence-electron chi connectivity index (χ2n) is 4.95. The smallest absolute Gasteiger partial charge is 0.231 e. The van der Waals surface area contributed by atoms with Crippen LogP contribution in [0.25, 0.3) is 0 Å². The van der Waals surface area contributed by atoms with Crippen molar-refractivity contribution >= 4 is 0 Å². The van der Waals surface area contributed by atoms with Crippen LogP contribution in [-0.2, 0) is 6.42 Å². The van der Waals surface area contributed by atoms with E-state index in [0.29, 0.717) is 17.2 Å². The number of hydrogen-bond donors (Lipinski definition) is 1. The molecule has 0 fully saturated rings. The third-order valence-electron chi connectivity index (χ3n) is 3.70. The van der Waals surface area contributed by atoms with Crippen molar-refractivity contribution in [2.75, 3.05) is 13.9 Å². The molecule has 0 aliphatic carbocycles. The average Bonchev–Trinajstić information content (AvgIpc) is 3.01. The summed E-state index contributed by atoms with van der Waals surface area (Å²) in [5.41, 5.74) is 2.81. The lowest BCUT2D eigenvalue weighted by molar-refractivity contribution is 0.171. The molecule has 1 aliphatic heterocycles. The maximum absolute atomic E-state index is 10.6. The molecule has 1 heterocycles. The van der Waals surface area contributed by atoms with E-state index in [9.17, 15) is 5.11 Å². The van der Waals surface area contributed by atoms with Gasteiger partial charge >= 0.3 is 0 Å². The topological polar surface area (TPSA) is 47.9 Å². The van der Waals surface area contributed by atoms with Gasteiger partial charge in [0.1, 0.15) is 6.10 Å². The van der Waals surface area contributed by atoms with Gasteiger partial charge in [-0.2, -0.15) is 0 Å². The quantitative estimate of drug-likeness (QED) is 0.938. The highest BCUT2D eigenvalue weighted by atomic mass is 16.7. The first kappa shape index (κ1) is 13.8. The summed E-state index contributed by atoms with van der Waals surface area (Å²) in [6.07, 6.45) is 0.258. The van der Waals surface area contributed by atoms with E-state index >= 15 is 0 Å². The minimum absolute atomic E-state index is 0.177. The fraction of sp³-hybridized carbons (Fsp3) is 0.294. The predicted octanol–water partition coefficient (Wildman–Crippen LogP) is 3.07. The van der Waals surface area contributed by atoms with Crippen LogP contribution in [0.4, 0.5) is 0 Å². The molecule has 4 heteroatoms. The summed E-state index contributed by atoms with van der Waals surface area (Å²) in [6, 6.07) is 11.5. The molecule has 0 amide bonds. The van der Waals surface area contributed by atoms with Crippen LogP contribution in [0.5, 0.6) is 17.2 Å². The molecule has 0 saturated carbocycles. The van der Waals surface area contributed by atoms with E-state index in [1.54, 1.807) is 19.2 Å². The number of rotatable bonds is 4. The van der Waals surface area contributed by atoms with Crippen LogP contribution in [-0.4, -0.2) is 19.0 Å². The standard InChI is InChI=1S/C17H18O4/c1-3-11-4-6-12(7-5-11)16(18)13-8-14(19-2)17-15(9-13)20-10-21-17/h4-9,16,18H,3,10H2,1-2H3. The van der Waals surface area contributed by atoms with Gasteiger partial charge in [-0.15, -0.1) is 0 Å². The zero-order chi connectivity index (χ0) is 14.8. The van der Waals surface area contributed by atoms with Gasteiger partial charge < -0.3 is 19.3 Å². The zero-order valence-electron chi connectivity index (χ0n) is 12.1. The first-order chi connectivity index (χ1) is 10.2. The van der Waals surface area contributed by atoms with E-state index < -0.39 is 6.10 Å². The van der Waals surface area contributed by atoms with E-state index in [0.717, 1.165) is 17.5 Å². The van der Waals surface area contributed by atoms with Crippen molar-refractivity contribution in [3.05, 3.63) is 53.1 Å². The number of benzene rings is 2. The van der Waals surface area contributed by atoms with Crippen LogP contribution in [0.15, 0.2) is 36.4 Å². The van der Waals surface area contributed by atoms with Crippen LogP contribution in [0.2, 0.25) is 0 Å². The molecule has 21 heavy (non-hydrogen) atoms. The van der Waals surface area contributed by atoms with Gasteiger partial charge in [0, 0.05) is 0 Å². The SMILES string of the molecule is CCc1ccc(C(O)c2cc(OC)c3c(c2)OCO3)cc1. The number of fused-ring (bicyclic) bond motifs is 1. The van der Waals surface area contributed by atoms with Crippen LogP contribution in [0.1, 0.15) is 29.7 Å². The van der Waals surface area contributed by atoms with E-state index in [2.05, 4.69) is 6.92 Å². The second kappa shape index (κ2) is 5.66. The molecule has 0 spiro atoms. The maximum Gasteiger partial charge on any atom is 0.231 e. The average molecular weight is 286 g/mol. The lowest BCUT2D eigenvalue weighted by Gasteiger charge is -2.14. The molecule has 1 N–H and O–H groups in total. The Bertz CT molecular complexity index is 634. The van der Waals surface area contributed by atoms with E-state index in [1.165, 1.54) is 5.56 Å². The van der Waals surface area contributed by atoms with Gasteiger partial charge in [-0.1, -0.05) is 31.2 Å². The minimum Gasteiger partial charge on any atom is -0.493 e. The maximum atomic E-state index is 10.6. The van der Waals surface area contributed by atoms with E-state index in [1.807, 2.05) is 24.3 Å². The summed E-state index contributed by atoms with van der Waals surface area (Å²) in [5, 5.41) is 10.6. The Labute approximate surface area is 123 Å². The number of aliphatic hydroxyl groups is 1. The largest absolute Gasteiger partial charge is 0.493 e. The number of aryl methyl sites for hydroxylation is 1. The Morgan fingerprint density at radius 1 is 1.14 bits per heavy atom. The molecule has 3 rings (SSSR count). The Kier molecular flexibility index (Phi) is 3.71. The minimum atomic E-state index is -0.723. The summed E-state index contributed by atoms with van der Waals surface area (Å²) in [4.78, 5) is 0. The Morgan fingerprint density at radius 2 is 1.90 bits per heavy atom. The first-order valence-corrected chi connectivity index (χ1v) is 6.97. The highest BCUT2D eigenvalue weighted by Gasteiger charge is 2.23. The van der Waals surface area contributed by atoms with Gasteiger partial charge in [-0.25, -0.2) is 0 Å². The Morgan fingerprint density at radius 3 is 2.57 bits per heavy atom. The van der Waals surface area contributed by atoms with Gasteiger partial charge in [0.2, 0.25) is 12.5 Å². The van der Waals surface area contributed by atoms with Crippen molar-refractivity contribution < 1.29 is 19.3 Å². The van der Waals surface area contributed by atoms with Gasteiger partial charge in [0.15, 0.2) is 11.5 Å².